The molecular formula is C38H42Cl2SZr. The maximum atomic E-state index is 3.67. The summed E-state index contributed by atoms with van der Waals surface area (Å²) in [6, 6.07) is 27.8. The van der Waals surface area contributed by atoms with Gasteiger partial charge in [0.1, 0.15) is 0 Å². The first-order valence-electron chi connectivity index (χ1n) is 14.0. The fraction of sp³-hybridized carbons (Fsp3) is 0.289. The molecule has 2 aliphatic carbocycles. The first-order valence-corrected chi connectivity index (χ1v) is 16.2. The van der Waals surface area contributed by atoms with Crippen molar-refractivity contribution in [2.24, 2.45) is 0 Å². The van der Waals surface area contributed by atoms with Gasteiger partial charge in [-0.25, -0.2) is 0 Å². The van der Waals surface area contributed by atoms with Crippen molar-refractivity contribution in [2.45, 2.75) is 72.1 Å². The second-order valence-corrected chi connectivity index (χ2v) is 15.1. The zero-order valence-electron chi connectivity index (χ0n) is 25.8. The Morgan fingerprint density at radius 3 is 2.05 bits per heavy atom. The van der Waals surface area contributed by atoms with Crippen molar-refractivity contribution in [1.29, 1.82) is 0 Å². The number of thiophene rings is 1. The van der Waals surface area contributed by atoms with Gasteiger partial charge >= 0.3 is 70.3 Å². The standard InChI is InChI=1S/C21H25.C9H7S.C8H8.2ClH.Zr/c1-20(2,3)16-7-9-18-14(12-16)11-15-13-17(21(4,5)6)8-10-19(15)18;1-2-4-8(3-1)9-5-6-10-7-9;1-2-8-6-4-3-5-7-8;;;/h7-10,12H,11H2,1-6H3;1,3,5-7H,2H2;3-7H,1H3;2*1H;/q2*-1;;;;+2. The molecule has 0 unspecified atom stereocenters. The molecule has 0 bridgehead atoms. The van der Waals surface area contributed by atoms with Gasteiger partial charge in [0, 0.05) is 0 Å². The largest absolute Gasteiger partial charge is 0.197 e. The molecule has 0 atom stereocenters. The summed E-state index contributed by atoms with van der Waals surface area (Å²) in [7, 11) is 0. The molecule has 0 saturated heterocycles. The van der Waals surface area contributed by atoms with Gasteiger partial charge in [-0.05, 0) is 33.8 Å². The Hall–Kier alpha value is -1.83. The van der Waals surface area contributed by atoms with Crippen LogP contribution in [0.4, 0.5) is 0 Å². The van der Waals surface area contributed by atoms with Crippen LogP contribution < -0.4 is 0 Å². The SMILES string of the molecule is CC(C)(C)c1[c-]c2c(cc1)-c1ccc(C(C)(C)C)cc1C2.C[C](=[Zr+2])c1ccccc1.Cl.Cl.[C-]1=C(c2ccsc2)C=CC1. The summed E-state index contributed by atoms with van der Waals surface area (Å²) in [6.45, 7) is 15.8. The number of halogens is 2. The van der Waals surface area contributed by atoms with E-state index in [1.54, 1.807) is 11.3 Å². The molecule has 0 fully saturated rings. The molecule has 0 nitrogen and oxygen atoms in total. The van der Waals surface area contributed by atoms with E-state index in [4.69, 9.17) is 0 Å². The van der Waals surface area contributed by atoms with Gasteiger partial charge in [0.05, 0.1) is 0 Å². The summed E-state index contributed by atoms with van der Waals surface area (Å²) < 4.78 is 1.46. The Bertz CT molecular complexity index is 1450. The molecule has 0 saturated carbocycles. The van der Waals surface area contributed by atoms with Crippen LogP contribution in [0, 0.1) is 12.1 Å². The minimum Gasteiger partial charge on any atom is -0.197 e. The first kappa shape index (κ1) is 36.4. The summed E-state index contributed by atoms with van der Waals surface area (Å²) >= 11 is 3.24. The molecule has 6 rings (SSSR count). The number of hydrogen-bond donors (Lipinski definition) is 0. The Kier molecular flexibility index (Phi) is 13.7. The summed E-state index contributed by atoms with van der Waals surface area (Å²) in [4.78, 5) is 0. The third-order valence-corrected chi connectivity index (χ3v) is 8.59. The van der Waals surface area contributed by atoms with Crippen LogP contribution in [0.15, 0.2) is 89.6 Å². The fourth-order valence-electron chi connectivity index (χ4n) is 4.74. The van der Waals surface area contributed by atoms with Crippen LogP contribution in [0.5, 0.6) is 0 Å². The van der Waals surface area contributed by atoms with Gasteiger partial charge in [0.15, 0.2) is 0 Å². The molecule has 4 aromatic rings. The minimum atomic E-state index is 0. The molecule has 0 spiro atoms. The van der Waals surface area contributed by atoms with Gasteiger partial charge in [-0.2, -0.15) is 52.8 Å². The molecule has 0 amide bonds. The number of hydrogen-bond acceptors (Lipinski definition) is 1. The molecule has 42 heavy (non-hydrogen) atoms. The van der Waals surface area contributed by atoms with Crippen molar-refractivity contribution < 1.29 is 24.2 Å². The normalized spacial score (nSPS) is 12.7. The van der Waals surface area contributed by atoms with Crippen LogP contribution in [-0.2, 0) is 41.5 Å². The molecular weight excluding hydrogens is 651 g/mol. The van der Waals surface area contributed by atoms with E-state index in [2.05, 4.69) is 144 Å². The molecule has 3 aromatic carbocycles. The summed E-state index contributed by atoms with van der Waals surface area (Å²) in [5, 5.41) is 4.24. The van der Waals surface area contributed by atoms with Crippen molar-refractivity contribution in [3.8, 4) is 11.1 Å². The van der Waals surface area contributed by atoms with E-state index in [-0.39, 0.29) is 35.6 Å². The average Bonchev–Trinajstić information content (AvgIpc) is 3.69. The number of rotatable bonds is 2. The maximum Gasteiger partial charge on any atom is -0.0219 e. The number of fused-ring (bicyclic) bond motifs is 3. The predicted molar refractivity (Wildman–Crippen MR) is 186 cm³/mol. The molecule has 0 aliphatic heterocycles. The van der Waals surface area contributed by atoms with Gasteiger partial charge < -0.3 is 0 Å². The van der Waals surface area contributed by atoms with Gasteiger partial charge in [-0.15, -0.1) is 47.6 Å². The van der Waals surface area contributed by atoms with Crippen molar-refractivity contribution in [2.75, 3.05) is 0 Å². The van der Waals surface area contributed by atoms with Crippen LogP contribution in [-0.4, -0.2) is 3.21 Å². The van der Waals surface area contributed by atoms with Crippen molar-refractivity contribution in [3.05, 3.63) is 135 Å². The number of allylic oxidation sites excluding steroid dienone is 4. The fourth-order valence-corrected chi connectivity index (χ4v) is 5.80. The van der Waals surface area contributed by atoms with E-state index in [0.717, 1.165) is 12.8 Å². The second-order valence-electron chi connectivity index (χ2n) is 12.5. The van der Waals surface area contributed by atoms with Crippen molar-refractivity contribution in [1.82, 2.24) is 0 Å². The average molecular weight is 693 g/mol. The van der Waals surface area contributed by atoms with Crippen molar-refractivity contribution >= 4 is 44.9 Å². The van der Waals surface area contributed by atoms with E-state index < -0.39 is 0 Å². The Balaban J connectivity index is 0.000000245. The first-order chi connectivity index (χ1) is 18.9. The van der Waals surface area contributed by atoms with E-state index in [1.165, 1.54) is 77.5 Å². The van der Waals surface area contributed by atoms with E-state index >= 15 is 0 Å². The zero-order valence-corrected chi connectivity index (χ0v) is 30.7. The summed E-state index contributed by atoms with van der Waals surface area (Å²) in [6.07, 6.45) is 9.53. The van der Waals surface area contributed by atoms with E-state index in [1.807, 2.05) is 6.07 Å². The smallest absolute Gasteiger partial charge is 0.0219 e. The van der Waals surface area contributed by atoms with Gasteiger partial charge in [-0.1, -0.05) is 83.2 Å². The summed E-state index contributed by atoms with van der Waals surface area (Å²) in [5.41, 5.74) is 12.6. The molecule has 2 aliphatic rings. The topological polar surface area (TPSA) is 0 Å². The molecule has 218 valence electrons. The zero-order chi connectivity index (χ0) is 28.9. The van der Waals surface area contributed by atoms with Crippen LogP contribution in [0.25, 0.3) is 16.7 Å². The molecule has 0 N–H and O–H groups in total. The third-order valence-electron chi connectivity index (χ3n) is 7.20. The van der Waals surface area contributed by atoms with Crippen molar-refractivity contribution in [3.63, 3.8) is 0 Å². The summed E-state index contributed by atoms with van der Waals surface area (Å²) in [5.74, 6) is 0. The maximum absolute atomic E-state index is 3.67. The van der Waals surface area contributed by atoms with Crippen LogP contribution >= 0.6 is 36.2 Å². The third kappa shape index (κ3) is 9.59. The van der Waals surface area contributed by atoms with Crippen LogP contribution in [0.2, 0.25) is 0 Å². The monoisotopic (exact) mass is 690 g/mol. The molecule has 0 radical (unpaired) electrons. The Morgan fingerprint density at radius 2 is 1.52 bits per heavy atom. The Labute approximate surface area is 285 Å². The van der Waals surface area contributed by atoms with E-state index in [0.29, 0.717) is 0 Å². The van der Waals surface area contributed by atoms with Gasteiger partial charge in [-0.3, -0.25) is 0 Å². The van der Waals surface area contributed by atoms with E-state index in [9.17, 15) is 0 Å². The van der Waals surface area contributed by atoms with Gasteiger partial charge in [0.25, 0.3) is 0 Å². The molecule has 1 aromatic heterocycles. The molecule has 1 heterocycles. The number of benzene rings is 3. The van der Waals surface area contributed by atoms with Crippen LogP contribution in [0.1, 0.15) is 88.3 Å². The quantitative estimate of drug-likeness (QED) is 0.162. The predicted octanol–water partition coefficient (Wildman–Crippen LogP) is 11.2. The molecule has 4 heteroatoms. The minimum absolute atomic E-state index is 0. The second kappa shape index (κ2) is 15.8. The van der Waals surface area contributed by atoms with Gasteiger partial charge in [0.2, 0.25) is 0 Å². The van der Waals surface area contributed by atoms with Crippen LogP contribution in [0.3, 0.4) is 0 Å². The Morgan fingerprint density at radius 1 is 0.833 bits per heavy atom.